The van der Waals surface area contributed by atoms with Crippen LogP contribution in [0, 0.1) is 6.92 Å². The largest absolute Gasteiger partial charge is 0.338 e. The number of amides is 1. The zero-order chi connectivity index (χ0) is 20.1. The number of carbonyl (C=O) groups excluding carboxylic acids is 1. The topological polar surface area (TPSA) is 74.5 Å². The number of aromatic nitrogens is 2. The van der Waals surface area contributed by atoms with Gasteiger partial charge in [0.05, 0.1) is 13.1 Å². The monoisotopic (exact) mass is 391 g/mol. The number of benzene rings is 2. The Balaban J connectivity index is 1.23. The van der Waals surface area contributed by atoms with Crippen molar-refractivity contribution in [2.45, 2.75) is 13.5 Å². The molecule has 0 saturated carbocycles. The first-order chi connectivity index (χ1) is 14.2. The van der Waals surface area contributed by atoms with Crippen LogP contribution in [0.15, 0.2) is 59.1 Å². The van der Waals surface area contributed by atoms with Crippen molar-refractivity contribution in [1.29, 1.82) is 0 Å². The van der Waals surface area contributed by atoms with Gasteiger partial charge in [0.25, 0.3) is 0 Å². The molecule has 3 aromatic rings. The standard InChI is InChI=1S/C22H25N5O2/c1-17-7-9-19(10-8-17)23-20(28)15-26-11-13-27(14-12-26)16-21-24-22(25-29-21)18-5-3-2-4-6-18/h2-10H,11-16H2,1H3,(H,23,28). The van der Waals surface area contributed by atoms with Crippen LogP contribution in [0.5, 0.6) is 0 Å². The highest BCUT2D eigenvalue weighted by Gasteiger charge is 2.21. The predicted molar refractivity (Wildman–Crippen MR) is 111 cm³/mol. The number of piperazine rings is 1. The zero-order valence-corrected chi connectivity index (χ0v) is 16.5. The summed E-state index contributed by atoms with van der Waals surface area (Å²) >= 11 is 0. The summed E-state index contributed by atoms with van der Waals surface area (Å²) in [5, 5.41) is 7.03. The zero-order valence-electron chi connectivity index (χ0n) is 16.5. The van der Waals surface area contributed by atoms with Gasteiger partial charge in [0, 0.05) is 37.4 Å². The first-order valence-electron chi connectivity index (χ1n) is 9.85. The van der Waals surface area contributed by atoms with Gasteiger partial charge in [-0.05, 0) is 19.1 Å². The third-order valence-corrected chi connectivity index (χ3v) is 5.03. The van der Waals surface area contributed by atoms with Crippen LogP contribution >= 0.6 is 0 Å². The second kappa shape index (κ2) is 8.98. The van der Waals surface area contributed by atoms with Crippen LogP contribution in [0.2, 0.25) is 0 Å². The van der Waals surface area contributed by atoms with Gasteiger partial charge < -0.3 is 9.84 Å². The Morgan fingerprint density at radius 3 is 2.41 bits per heavy atom. The molecule has 0 radical (unpaired) electrons. The van der Waals surface area contributed by atoms with Crippen molar-refractivity contribution < 1.29 is 9.32 Å². The summed E-state index contributed by atoms with van der Waals surface area (Å²) in [6.45, 7) is 6.45. The minimum absolute atomic E-state index is 0.0201. The van der Waals surface area contributed by atoms with E-state index in [0.29, 0.717) is 24.8 Å². The van der Waals surface area contributed by atoms with Gasteiger partial charge in [-0.15, -0.1) is 0 Å². The van der Waals surface area contributed by atoms with E-state index in [0.717, 1.165) is 37.4 Å². The second-order valence-electron chi connectivity index (χ2n) is 7.34. The molecule has 1 amide bonds. The summed E-state index contributed by atoms with van der Waals surface area (Å²) < 4.78 is 5.41. The minimum Gasteiger partial charge on any atom is -0.338 e. The lowest BCUT2D eigenvalue weighted by molar-refractivity contribution is -0.117. The molecule has 29 heavy (non-hydrogen) atoms. The summed E-state index contributed by atoms with van der Waals surface area (Å²) in [4.78, 5) is 21.2. The summed E-state index contributed by atoms with van der Waals surface area (Å²) in [5.41, 5.74) is 2.97. The predicted octanol–water partition coefficient (Wildman–Crippen LogP) is 2.80. The van der Waals surface area contributed by atoms with Gasteiger partial charge in [-0.25, -0.2) is 0 Å². The van der Waals surface area contributed by atoms with E-state index in [1.165, 1.54) is 5.56 Å². The summed E-state index contributed by atoms with van der Waals surface area (Å²) in [5.74, 6) is 1.26. The highest BCUT2D eigenvalue weighted by atomic mass is 16.5. The Bertz CT molecular complexity index is 931. The van der Waals surface area contributed by atoms with Gasteiger partial charge in [-0.1, -0.05) is 53.2 Å². The van der Waals surface area contributed by atoms with Gasteiger partial charge in [-0.2, -0.15) is 4.98 Å². The number of aryl methyl sites for hydroxylation is 1. The third kappa shape index (κ3) is 5.28. The van der Waals surface area contributed by atoms with Crippen molar-refractivity contribution >= 4 is 11.6 Å². The van der Waals surface area contributed by atoms with Gasteiger partial charge in [0.15, 0.2) is 0 Å². The average molecular weight is 391 g/mol. The first-order valence-corrected chi connectivity index (χ1v) is 9.85. The molecular formula is C22H25N5O2. The molecule has 1 saturated heterocycles. The van der Waals surface area contributed by atoms with Crippen LogP contribution in [-0.4, -0.2) is 58.6 Å². The van der Waals surface area contributed by atoms with Crippen molar-refractivity contribution in [1.82, 2.24) is 19.9 Å². The Kier molecular flexibility index (Phi) is 5.97. The Morgan fingerprint density at radius 2 is 1.69 bits per heavy atom. The summed E-state index contributed by atoms with van der Waals surface area (Å²) in [6.07, 6.45) is 0. The van der Waals surface area contributed by atoms with Crippen molar-refractivity contribution in [2.75, 3.05) is 38.0 Å². The van der Waals surface area contributed by atoms with Crippen LogP contribution in [0.3, 0.4) is 0 Å². The van der Waals surface area contributed by atoms with Crippen molar-refractivity contribution in [3.8, 4) is 11.4 Å². The molecule has 0 unspecified atom stereocenters. The Labute approximate surface area is 170 Å². The first kappa shape index (κ1) is 19.3. The normalized spacial score (nSPS) is 15.3. The van der Waals surface area contributed by atoms with E-state index in [4.69, 9.17) is 4.52 Å². The fourth-order valence-electron chi connectivity index (χ4n) is 3.36. The molecule has 0 aliphatic carbocycles. The highest BCUT2D eigenvalue weighted by molar-refractivity contribution is 5.92. The number of hydrogen-bond donors (Lipinski definition) is 1. The Morgan fingerprint density at radius 1 is 1.00 bits per heavy atom. The number of carbonyl (C=O) groups is 1. The highest BCUT2D eigenvalue weighted by Crippen LogP contribution is 2.16. The van der Waals surface area contributed by atoms with Crippen LogP contribution in [0.4, 0.5) is 5.69 Å². The molecule has 1 aliphatic rings. The number of rotatable bonds is 6. The molecular weight excluding hydrogens is 366 g/mol. The summed E-state index contributed by atoms with van der Waals surface area (Å²) in [6, 6.07) is 17.7. The maximum absolute atomic E-state index is 12.3. The molecule has 150 valence electrons. The van der Waals surface area contributed by atoms with E-state index >= 15 is 0 Å². The molecule has 1 fully saturated rings. The molecule has 1 aromatic heterocycles. The smallest absolute Gasteiger partial charge is 0.241 e. The maximum atomic E-state index is 12.3. The van der Waals surface area contributed by atoms with Crippen LogP contribution in [-0.2, 0) is 11.3 Å². The van der Waals surface area contributed by atoms with E-state index in [9.17, 15) is 4.79 Å². The molecule has 1 aliphatic heterocycles. The lowest BCUT2D eigenvalue weighted by Crippen LogP contribution is -2.48. The molecule has 0 bridgehead atoms. The molecule has 7 heteroatoms. The molecule has 1 N–H and O–H groups in total. The number of hydrogen-bond acceptors (Lipinski definition) is 6. The Hall–Kier alpha value is -3.03. The van der Waals surface area contributed by atoms with Crippen molar-refractivity contribution in [3.63, 3.8) is 0 Å². The lowest BCUT2D eigenvalue weighted by atomic mass is 10.2. The number of nitrogens with one attached hydrogen (secondary N) is 1. The third-order valence-electron chi connectivity index (χ3n) is 5.03. The van der Waals surface area contributed by atoms with Crippen LogP contribution in [0.25, 0.3) is 11.4 Å². The van der Waals surface area contributed by atoms with Gasteiger partial charge >= 0.3 is 0 Å². The van der Waals surface area contributed by atoms with Gasteiger partial charge in [0.2, 0.25) is 17.6 Å². The number of nitrogens with zero attached hydrogens (tertiary/aromatic N) is 4. The second-order valence-corrected chi connectivity index (χ2v) is 7.34. The van der Waals surface area contributed by atoms with Crippen molar-refractivity contribution in [2.24, 2.45) is 0 Å². The van der Waals surface area contributed by atoms with E-state index in [1.807, 2.05) is 61.5 Å². The van der Waals surface area contributed by atoms with Crippen molar-refractivity contribution in [3.05, 3.63) is 66.1 Å². The minimum atomic E-state index is 0.0201. The summed E-state index contributed by atoms with van der Waals surface area (Å²) in [7, 11) is 0. The van der Waals surface area contributed by atoms with Crippen LogP contribution < -0.4 is 5.32 Å². The molecule has 2 aromatic carbocycles. The quantitative estimate of drug-likeness (QED) is 0.697. The molecule has 4 rings (SSSR count). The van der Waals surface area contributed by atoms with E-state index in [-0.39, 0.29) is 5.91 Å². The maximum Gasteiger partial charge on any atom is 0.241 e. The lowest BCUT2D eigenvalue weighted by Gasteiger charge is -2.33. The molecule has 0 atom stereocenters. The van der Waals surface area contributed by atoms with Gasteiger partial charge in [0.1, 0.15) is 0 Å². The molecule has 7 nitrogen and oxygen atoms in total. The van der Waals surface area contributed by atoms with E-state index in [1.54, 1.807) is 0 Å². The average Bonchev–Trinajstić information content (AvgIpc) is 3.20. The van der Waals surface area contributed by atoms with E-state index < -0.39 is 0 Å². The fourth-order valence-corrected chi connectivity index (χ4v) is 3.36. The van der Waals surface area contributed by atoms with Gasteiger partial charge in [-0.3, -0.25) is 14.6 Å². The molecule has 0 spiro atoms. The fraction of sp³-hybridized carbons (Fsp3) is 0.318. The van der Waals surface area contributed by atoms with E-state index in [2.05, 4.69) is 25.3 Å². The van der Waals surface area contributed by atoms with Crippen LogP contribution in [0.1, 0.15) is 11.5 Å². The molecule has 2 heterocycles. The number of anilines is 1. The SMILES string of the molecule is Cc1ccc(NC(=O)CN2CCN(Cc3nc(-c4ccccc4)no3)CC2)cc1.